The Labute approximate surface area is 193 Å². The Morgan fingerprint density at radius 1 is 1.31 bits per heavy atom. The molecule has 2 aromatic rings. The number of carbonyl (C=O) groups is 1. The molecule has 0 aliphatic carbocycles. The smallest absolute Gasteiger partial charge is 0.331 e. The first-order chi connectivity index (χ1) is 15.2. The molecule has 1 aliphatic rings. The number of hydrogen-bond donors (Lipinski definition) is 3. The molecular formula is C23H28FNO5S2. The summed E-state index contributed by atoms with van der Waals surface area (Å²) in [4.78, 5) is 13.9. The number of carboxylic acid groups (broad SMARTS) is 1. The minimum Gasteiger partial charge on any atom is -0.478 e. The van der Waals surface area contributed by atoms with Gasteiger partial charge in [0.15, 0.2) is 0 Å². The number of anilines is 2. The van der Waals surface area contributed by atoms with Crippen molar-refractivity contribution >= 4 is 39.7 Å². The number of unbranched alkanes of at least 4 members (excludes halogenated alkanes) is 1. The van der Waals surface area contributed by atoms with Gasteiger partial charge in [0, 0.05) is 24.1 Å². The van der Waals surface area contributed by atoms with E-state index in [1.807, 2.05) is 17.2 Å². The van der Waals surface area contributed by atoms with Gasteiger partial charge in [0.2, 0.25) is 0 Å². The third-order valence-corrected chi connectivity index (χ3v) is 8.03. The van der Waals surface area contributed by atoms with Crippen LogP contribution in [0.3, 0.4) is 0 Å². The van der Waals surface area contributed by atoms with E-state index in [0.717, 1.165) is 37.3 Å². The van der Waals surface area contributed by atoms with Crippen molar-refractivity contribution < 1.29 is 28.1 Å². The molecule has 0 aromatic heterocycles. The van der Waals surface area contributed by atoms with Crippen LogP contribution in [-0.4, -0.2) is 38.7 Å². The van der Waals surface area contributed by atoms with E-state index in [2.05, 4.69) is 6.92 Å². The Morgan fingerprint density at radius 2 is 2.03 bits per heavy atom. The van der Waals surface area contributed by atoms with Crippen molar-refractivity contribution in [3.8, 4) is 5.75 Å². The first-order valence-electron chi connectivity index (χ1n) is 10.3. The van der Waals surface area contributed by atoms with Crippen molar-refractivity contribution in [2.24, 2.45) is 5.92 Å². The molecule has 3 rings (SSSR count). The minimum atomic E-state index is -3.14. The molecule has 6 nitrogen and oxygen atoms in total. The summed E-state index contributed by atoms with van der Waals surface area (Å²) in [5.74, 6) is -0.877. The molecule has 0 amide bonds. The molecule has 0 bridgehead atoms. The average Bonchev–Trinajstić information content (AvgIpc) is 2.85. The number of thioether (sulfide) groups is 1. The van der Waals surface area contributed by atoms with Gasteiger partial charge in [-0.3, -0.25) is 9.11 Å². The predicted molar refractivity (Wildman–Crippen MR) is 128 cm³/mol. The number of benzene rings is 2. The molecule has 0 saturated carbocycles. The van der Waals surface area contributed by atoms with E-state index in [4.69, 9.17) is 9.84 Å². The summed E-state index contributed by atoms with van der Waals surface area (Å²) in [6.07, 6.45) is 6.62. The third kappa shape index (κ3) is 5.78. The summed E-state index contributed by atoms with van der Waals surface area (Å²) in [6.45, 7) is 2.67. The van der Waals surface area contributed by atoms with Crippen LogP contribution < -0.4 is 9.64 Å². The lowest BCUT2D eigenvalue weighted by molar-refractivity contribution is -0.131. The second-order valence-corrected chi connectivity index (χ2v) is 10.6. The molecule has 1 atom stereocenters. The van der Waals surface area contributed by atoms with E-state index >= 15 is 0 Å². The molecule has 0 radical (unpaired) electrons. The van der Waals surface area contributed by atoms with Crippen molar-refractivity contribution in [1.82, 2.24) is 0 Å². The van der Waals surface area contributed by atoms with E-state index in [1.54, 1.807) is 18.2 Å². The van der Waals surface area contributed by atoms with Gasteiger partial charge >= 0.3 is 5.97 Å². The fraction of sp³-hybridized carbons (Fsp3) is 0.348. The summed E-state index contributed by atoms with van der Waals surface area (Å²) in [5.41, 5.74) is 1.40. The number of hydrogen-bond acceptors (Lipinski definition) is 6. The fourth-order valence-corrected chi connectivity index (χ4v) is 6.23. The standard InChI is InChI=1S/C23H28FNO5S2/c1-3-4-5-16-14-25(18-8-6-17(24)7-9-18)19-12-21(31-2)20(30-11-10-23(26)27)13-22(19)32(28,29)15-16/h6-13,16,28-29H,3-5,14-15H2,1-2H3,(H,26,27)/b11-10+/t16-/m1/s1. The zero-order chi connectivity index (χ0) is 23.3. The van der Waals surface area contributed by atoms with Crippen molar-refractivity contribution in [3.63, 3.8) is 0 Å². The molecule has 32 heavy (non-hydrogen) atoms. The largest absolute Gasteiger partial charge is 0.478 e. The van der Waals surface area contributed by atoms with Gasteiger partial charge in [-0.25, -0.2) is 9.18 Å². The van der Waals surface area contributed by atoms with Crippen molar-refractivity contribution in [2.75, 3.05) is 23.5 Å². The van der Waals surface area contributed by atoms with E-state index in [-0.39, 0.29) is 17.5 Å². The Morgan fingerprint density at radius 3 is 2.66 bits per heavy atom. The molecule has 3 N–H and O–H groups in total. The molecule has 2 aromatic carbocycles. The second kappa shape index (κ2) is 10.6. The van der Waals surface area contributed by atoms with E-state index in [9.17, 15) is 18.3 Å². The SMILES string of the molecule is CCCC[C@@H]1CN(c2ccc(F)cc2)c2cc(SC)c(O/C=C/C(=O)O)cc2S(O)(O)C1. The fourth-order valence-electron chi connectivity index (χ4n) is 3.78. The van der Waals surface area contributed by atoms with Crippen molar-refractivity contribution in [3.05, 3.63) is 54.6 Å². The predicted octanol–water partition coefficient (Wildman–Crippen LogP) is 6.59. The molecule has 1 heterocycles. The topological polar surface area (TPSA) is 90.2 Å². The summed E-state index contributed by atoms with van der Waals surface area (Å²) >= 11 is 1.40. The number of carboxylic acids is 1. The number of ether oxygens (including phenoxy) is 1. The lowest BCUT2D eigenvalue weighted by Crippen LogP contribution is -2.25. The normalized spacial score (nSPS) is 18.8. The van der Waals surface area contributed by atoms with Crippen LogP contribution in [-0.2, 0) is 4.79 Å². The third-order valence-electron chi connectivity index (χ3n) is 5.31. The van der Waals surface area contributed by atoms with Gasteiger partial charge in [-0.1, -0.05) is 19.8 Å². The van der Waals surface area contributed by atoms with Gasteiger partial charge in [0.25, 0.3) is 0 Å². The Kier molecular flexibility index (Phi) is 8.10. The Hall–Kier alpha value is -2.20. The van der Waals surface area contributed by atoms with Gasteiger partial charge in [-0.05, 0) is 48.9 Å². The minimum absolute atomic E-state index is 0.0337. The number of aliphatic carboxylic acids is 1. The maximum absolute atomic E-state index is 13.6. The summed E-state index contributed by atoms with van der Waals surface area (Å²) < 4.78 is 41.4. The second-order valence-electron chi connectivity index (χ2n) is 7.66. The first kappa shape index (κ1) is 24.4. The Bertz CT molecular complexity index is 981. The number of halogens is 1. The molecule has 1 aliphatic heterocycles. The molecule has 0 saturated heterocycles. The molecule has 0 fully saturated rings. The molecule has 0 unspecified atom stereocenters. The highest BCUT2D eigenvalue weighted by atomic mass is 32.3. The lowest BCUT2D eigenvalue weighted by atomic mass is 10.0. The van der Waals surface area contributed by atoms with Crippen LogP contribution in [0.25, 0.3) is 0 Å². The number of fused-ring (bicyclic) bond motifs is 1. The molecule has 174 valence electrons. The number of rotatable bonds is 8. The van der Waals surface area contributed by atoms with Crippen LogP contribution in [0.2, 0.25) is 0 Å². The van der Waals surface area contributed by atoms with Crippen molar-refractivity contribution in [2.45, 2.75) is 36.0 Å². The quantitative estimate of drug-likeness (QED) is 0.222. The van der Waals surface area contributed by atoms with Crippen LogP contribution >= 0.6 is 22.4 Å². The van der Waals surface area contributed by atoms with Crippen LogP contribution in [0.15, 0.2) is 58.5 Å². The van der Waals surface area contributed by atoms with Gasteiger partial charge in [-0.2, -0.15) is 10.6 Å². The zero-order valence-corrected chi connectivity index (χ0v) is 19.7. The number of nitrogens with zero attached hydrogens (tertiary/aromatic N) is 1. The monoisotopic (exact) mass is 481 g/mol. The highest BCUT2D eigenvalue weighted by Crippen LogP contribution is 2.59. The zero-order valence-electron chi connectivity index (χ0n) is 18.0. The van der Waals surface area contributed by atoms with Gasteiger partial charge in [0.1, 0.15) is 11.6 Å². The first-order valence-corrected chi connectivity index (χ1v) is 13.3. The summed E-state index contributed by atoms with van der Waals surface area (Å²) in [7, 11) is -3.14. The highest BCUT2D eigenvalue weighted by Gasteiger charge is 2.33. The van der Waals surface area contributed by atoms with E-state index in [1.165, 1.54) is 23.9 Å². The van der Waals surface area contributed by atoms with E-state index in [0.29, 0.717) is 27.8 Å². The summed E-state index contributed by atoms with van der Waals surface area (Å²) in [6, 6.07) is 9.56. The molecule has 0 spiro atoms. The summed E-state index contributed by atoms with van der Waals surface area (Å²) in [5, 5.41) is 8.83. The van der Waals surface area contributed by atoms with Gasteiger partial charge in [0.05, 0.1) is 27.8 Å². The maximum atomic E-state index is 13.6. The molecule has 9 heteroatoms. The molecular weight excluding hydrogens is 453 g/mol. The average molecular weight is 482 g/mol. The van der Waals surface area contributed by atoms with Crippen LogP contribution in [0.5, 0.6) is 5.75 Å². The van der Waals surface area contributed by atoms with Crippen molar-refractivity contribution in [1.29, 1.82) is 0 Å². The van der Waals surface area contributed by atoms with Crippen LogP contribution in [0.4, 0.5) is 15.8 Å². The van der Waals surface area contributed by atoms with Crippen LogP contribution in [0.1, 0.15) is 26.2 Å². The van der Waals surface area contributed by atoms with E-state index < -0.39 is 16.6 Å². The van der Waals surface area contributed by atoms with Crippen LogP contribution in [0, 0.1) is 11.7 Å². The highest BCUT2D eigenvalue weighted by molar-refractivity contribution is 8.24. The Balaban J connectivity index is 2.13. The van der Waals surface area contributed by atoms with Gasteiger partial charge < -0.3 is 14.7 Å². The van der Waals surface area contributed by atoms with Gasteiger partial charge in [-0.15, -0.1) is 11.8 Å². The maximum Gasteiger partial charge on any atom is 0.331 e. The lowest BCUT2D eigenvalue weighted by Gasteiger charge is -2.34.